The van der Waals surface area contributed by atoms with Crippen LogP contribution in [0.1, 0.15) is 54.1 Å². The topological polar surface area (TPSA) is 29.1 Å². The van der Waals surface area contributed by atoms with Crippen LogP contribution in [0.5, 0.6) is 0 Å². The Kier molecular flexibility index (Phi) is 5.97. The molecule has 0 radical (unpaired) electrons. The number of benzene rings is 2. The van der Waals surface area contributed by atoms with Crippen LogP contribution in [0.4, 0.5) is 0 Å². The molecule has 1 amide bonds. The minimum atomic E-state index is 0.0492. The van der Waals surface area contributed by atoms with Crippen molar-refractivity contribution < 1.29 is 4.79 Å². The molecule has 2 nitrogen and oxygen atoms in total. The zero-order chi connectivity index (χ0) is 16.8. The van der Waals surface area contributed by atoms with Gasteiger partial charge in [0.25, 0.3) is 0 Å². The van der Waals surface area contributed by atoms with Crippen LogP contribution >= 0.6 is 0 Å². The molecule has 0 bridgehead atoms. The molecular formula is C21H27NO. The van der Waals surface area contributed by atoms with E-state index < -0.39 is 0 Å². The molecule has 0 aliphatic carbocycles. The molecule has 0 spiro atoms. The van der Waals surface area contributed by atoms with Crippen LogP contribution in [0.2, 0.25) is 0 Å². The van der Waals surface area contributed by atoms with Crippen molar-refractivity contribution in [3.63, 3.8) is 0 Å². The Labute approximate surface area is 139 Å². The summed E-state index contributed by atoms with van der Waals surface area (Å²) in [5, 5.41) is 3.09. The first-order valence-electron chi connectivity index (χ1n) is 8.44. The summed E-state index contributed by atoms with van der Waals surface area (Å²) in [5.41, 5.74) is 6.28. The molecular weight excluding hydrogens is 282 g/mol. The predicted octanol–water partition coefficient (Wildman–Crippen LogP) is 4.68. The second-order valence-electron chi connectivity index (χ2n) is 6.30. The van der Waals surface area contributed by atoms with Gasteiger partial charge in [-0.05, 0) is 61.4 Å². The van der Waals surface area contributed by atoms with E-state index in [9.17, 15) is 4.79 Å². The molecule has 2 aromatic carbocycles. The third-order valence-corrected chi connectivity index (χ3v) is 4.48. The molecule has 2 heteroatoms. The number of amides is 1. The average molecular weight is 309 g/mol. The molecule has 23 heavy (non-hydrogen) atoms. The molecule has 2 aromatic rings. The largest absolute Gasteiger partial charge is 0.350 e. The Balaban J connectivity index is 1.86. The summed E-state index contributed by atoms with van der Waals surface area (Å²) < 4.78 is 0. The van der Waals surface area contributed by atoms with Gasteiger partial charge in [0, 0.05) is 6.42 Å². The Hall–Kier alpha value is -2.09. The van der Waals surface area contributed by atoms with Crippen LogP contribution in [-0.4, -0.2) is 5.91 Å². The Morgan fingerprint density at radius 3 is 2.26 bits per heavy atom. The van der Waals surface area contributed by atoms with Gasteiger partial charge in [0.1, 0.15) is 0 Å². The quantitative estimate of drug-likeness (QED) is 0.825. The van der Waals surface area contributed by atoms with Gasteiger partial charge in [-0.3, -0.25) is 4.79 Å². The van der Waals surface area contributed by atoms with Crippen LogP contribution in [-0.2, 0) is 17.6 Å². The van der Waals surface area contributed by atoms with Crippen molar-refractivity contribution >= 4 is 5.91 Å². The van der Waals surface area contributed by atoms with Gasteiger partial charge in [-0.25, -0.2) is 0 Å². The average Bonchev–Trinajstić information content (AvgIpc) is 2.56. The molecule has 1 N–H and O–H groups in total. The van der Waals surface area contributed by atoms with Gasteiger partial charge < -0.3 is 5.32 Å². The third-order valence-electron chi connectivity index (χ3n) is 4.48. The molecule has 0 aliphatic heterocycles. The van der Waals surface area contributed by atoms with Gasteiger partial charge >= 0.3 is 0 Å². The zero-order valence-electron chi connectivity index (χ0n) is 14.6. The van der Waals surface area contributed by atoms with E-state index in [0.717, 1.165) is 18.4 Å². The van der Waals surface area contributed by atoms with Crippen LogP contribution < -0.4 is 5.32 Å². The van der Waals surface area contributed by atoms with Gasteiger partial charge in [0.2, 0.25) is 5.91 Å². The van der Waals surface area contributed by atoms with Gasteiger partial charge in [-0.2, -0.15) is 0 Å². The van der Waals surface area contributed by atoms with Crippen molar-refractivity contribution in [2.75, 3.05) is 0 Å². The molecule has 2 rings (SSSR count). The second-order valence-corrected chi connectivity index (χ2v) is 6.30. The lowest BCUT2D eigenvalue weighted by Gasteiger charge is -2.15. The van der Waals surface area contributed by atoms with Crippen molar-refractivity contribution in [1.29, 1.82) is 0 Å². The standard InChI is InChI=1S/C21H27NO/c1-5-18-8-11-20(12-9-18)17(4)22-21(23)13-10-19-7-6-15(2)16(3)14-19/h6-9,11-12,14,17H,5,10,13H2,1-4H3,(H,22,23)/t17-/m0/s1. The Morgan fingerprint density at radius 2 is 1.65 bits per heavy atom. The molecule has 0 heterocycles. The van der Waals surface area contributed by atoms with Crippen LogP contribution in [0.3, 0.4) is 0 Å². The maximum absolute atomic E-state index is 12.2. The summed E-state index contributed by atoms with van der Waals surface area (Å²) in [7, 11) is 0. The summed E-state index contributed by atoms with van der Waals surface area (Å²) >= 11 is 0. The highest BCUT2D eigenvalue weighted by Gasteiger charge is 2.10. The van der Waals surface area contributed by atoms with Crippen molar-refractivity contribution in [1.82, 2.24) is 5.32 Å². The predicted molar refractivity (Wildman–Crippen MR) is 96.6 cm³/mol. The van der Waals surface area contributed by atoms with Crippen molar-refractivity contribution in [3.05, 3.63) is 70.3 Å². The zero-order valence-corrected chi connectivity index (χ0v) is 14.6. The van der Waals surface area contributed by atoms with Gasteiger partial charge in [-0.15, -0.1) is 0 Å². The van der Waals surface area contributed by atoms with Gasteiger partial charge in [0.05, 0.1) is 6.04 Å². The fourth-order valence-corrected chi connectivity index (χ4v) is 2.66. The van der Waals surface area contributed by atoms with Crippen molar-refractivity contribution in [3.8, 4) is 0 Å². The van der Waals surface area contributed by atoms with Crippen LogP contribution in [0, 0.1) is 13.8 Å². The first-order valence-corrected chi connectivity index (χ1v) is 8.44. The molecule has 0 fully saturated rings. The van der Waals surface area contributed by atoms with Crippen molar-refractivity contribution in [2.45, 2.75) is 53.0 Å². The third kappa shape index (κ3) is 4.95. The van der Waals surface area contributed by atoms with E-state index in [1.54, 1.807) is 0 Å². The Bertz CT molecular complexity index is 658. The number of carbonyl (C=O) groups is 1. The fourth-order valence-electron chi connectivity index (χ4n) is 2.66. The van der Waals surface area contributed by atoms with E-state index in [-0.39, 0.29) is 11.9 Å². The van der Waals surface area contributed by atoms with E-state index in [2.05, 4.69) is 68.6 Å². The van der Waals surface area contributed by atoms with Crippen molar-refractivity contribution in [2.24, 2.45) is 0 Å². The summed E-state index contributed by atoms with van der Waals surface area (Å²) in [6.07, 6.45) is 2.35. The monoisotopic (exact) mass is 309 g/mol. The lowest BCUT2D eigenvalue weighted by Crippen LogP contribution is -2.26. The van der Waals surface area contributed by atoms with Gasteiger partial charge in [-0.1, -0.05) is 49.4 Å². The van der Waals surface area contributed by atoms with E-state index in [1.165, 1.54) is 22.3 Å². The fraction of sp³-hybridized carbons (Fsp3) is 0.381. The number of hydrogen-bond acceptors (Lipinski definition) is 1. The highest BCUT2D eigenvalue weighted by atomic mass is 16.1. The Morgan fingerprint density at radius 1 is 1.00 bits per heavy atom. The minimum absolute atomic E-state index is 0.0492. The maximum atomic E-state index is 12.2. The summed E-state index contributed by atoms with van der Waals surface area (Å²) in [6, 6.07) is 14.9. The highest BCUT2D eigenvalue weighted by molar-refractivity contribution is 5.76. The minimum Gasteiger partial charge on any atom is -0.350 e. The maximum Gasteiger partial charge on any atom is 0.220 e. The lowest BCUT2D eigenvalue weighted by molar-refractivity contribution is -0.121. The first kappa shape index (κ1) is 17.3. The van der Waals surface area contributed by atoms with E-state index in [4.69, 9.17) is 0 Å². The molecule has 0 saturated heterocycles. The summed E-state index contributed by atoms with van der Waals surface area (Å²) in [4.78, 5) is 12.2. The molecule has 1 atom stereocenters. The molecule has 0 saturated carbocycles. The number of hydrogen-bond donors (Lipinski definition) is 1. The van der Waals surface area contributed by atoms with E-state index in [1.807, 2.05) is 6.92 Å². The lowest BCUT2D eigenvalue weighted by atomic mass is 10.0. The van der Waals surface area contributed by atoms with Crippen LogP contribution in [0.25, 0.3) is 0 Å². The number of carbonyl (C=O) groups excluding carboxylic acids is 1. The molecule has 122 valence electrons. The number of rotatable bonds is 6. The smallest absolute Gasteiger partial charge is 0.220 e. The normalized spacial score (nSPS) is 12.0. The SMILES string of the molecule is CCc1ccc([C@H](C)NC(=O)CCc2ccc(C)c(C)c2)cc1. The van der Waals surface area contributed by atoms with E-state index >= 15 is 0 Å². The molecule has 0 aromatic heterocycles. The number of aryl methyl sites for hydroxylation is 4. The summed E-state index contributed by atoms with van der Waals surface area (Å²) in [5.74, 6) is 0.107. The van der Waals surface area contributed by atoms with E-state index in [0.29, 0.717) is 6.42 Å². The second kappa shape index (κ2) is 7.96. The van der Waals surface area contributed by atoms with Crippen LogP contribution in [0.15, 0.2) is 42.5 Å². The van der Waals surface area contributed by atoms with Gasteiger partial charge in [0.15, 0.2) is 0 Å². The highest BCUT2D eigenvalue weighted by Crippen LogP contribution is 2.15. The molecule has 0 aliphatic rings. The summed E-state index contributed by atoms with van der Waals surface area (Å²) in [6.45, 7) is 8.40. The molecule has 0 unspecified atom stereocenters. The number of nitrogens with one attached hydrogen (secondary N) is 1. The first-order chi connectivity index (χ1) is 11.0.